The minimum atomic E-state index is -4.72. The molecule has 0 fully saturated rings. The van der Waals surface area contributed by atoms with Crippen LogP contribution >= 0.6 is 11.6 Å². The molecular weight excluding hydrogens is 415 g/mol. The topological polar surface area (TPSA) is 46.2 Å². The largest absolute Gasteiger partial charge is 0.573 e. The van der Waals surface area contributed by atoms with Crippen molar-refractivity contribution in [2.45, 2.75) is 32.7 Å². The average molecular weight is 438 g/mol. The molecule has 0 bridgehead atoms. The fraction of sp³-hybridized carbons (Fsp3) is 0.318. The lowest BCUT2D eigenvalue weighted by Crippen LogP contribution is -2.38. The minimum Gasteiger partial charge on any atom is -0.406 e. The summed E-state index contributed by atoms with van der Waals surface area (Å²) in [5.41, 5.74) is 3.07. The highest BCUT2D eigenvalue weighted by Crippen LogP contribution is 2.35. The maximum absolute atomic E-state index is 12.4. The molecule has 30 heavy (non-hydrogen) atoms. The minimum absolute atomic E-state index is 0.00728. The van der Waals surface area contributed by atoms with Crippen LogP contribution in [0.15, 0.2) is 48.7 Å². The number of pyridine rings is 1. The Kier molecular flexibility index (Phi) is 6.43. The third-order valence-electron chi connectivity index (χ3n) is 4.31. The number of aromatic nitrogens is 1. The zero-order valence-electron chi connectivity index (χ0n) is 16.9. The van der Waals surface area contributed by atoms with Gasteiger partial charge in [0.15, 0.2) is 0 Å². The Balaban J connectivity index is 1.94. The first kappa shape index (κ1) is 22.2. The fourth-order valence-corrected chi connectivity index (χ4v) is 3.20. The van der Waals surface area contributed by atoms with Crippen molar-refractivity contribution in [3.8, 4) is 16.9 Å². The SMILES string of the molecule is CC(C)(C)NCCNc1c(-c2ccc(OC(F)(F)F)cc2)cnc2cc(Cl)ccc12. The van der Waals surface area contributed by atoms with Crippen LogP contribution in [0.2, 0.25) is 5.02 Å². The molecule has 2 aromatic carbocycles. The highest BCUT2D eigenvalue weighted by atomic mass is 35.5. The van der Waals surface area contributed by atoms with Crippen molar-refractivity contribution in [3.05, 3.63) is 53.7 Å². The second kappa shape index (κ2) is 8.70. The number of nitrogens with zero attached hydrogens (tertiary/aromatic N) is 1. The molecule has 160 valence electrons. The summed E-state index contributed by atoms with van der Waals surface area (Å²) in [6.45, 7) is 7.66. The van der Waals surface area contributed by atoms with E-state index in [-0.39, 0.29) is 11.3 Å². The summed E-state index contributed by atoms with van der Waals surface area (Å²) in [5, 5.41) is 8.32. The molecule has 0 aliphatic heterocycles. The number of rotatable bonds is 6. The van der Waals surface area contributed by atoms with Crippen molar-refractivity contribution in [2.75, 3.05) is 18.4 Å². The predicted molar refractivity (Wildman–Crippen MR) is 115 cm³/mol. The maximum Gasteiger partial charge on any atom is 0.573 e. The molecule has 8 heteroatoms. The van der Waals surface area contributed by atoms with Gasteiger partial charge >= 0.3 is 6.36 Å². The van der Waals surface area contributed by atoms with Gasteiger partial charge in [-0.25, -0.2) is 0 Å². The molecule has 0 unspecified atom stereocenters. The predicted octanol–water partition coefficient (Wildman–Crippen LogP) is 6.25. The third kappa shape index (κ3) is 6.00. The van der Waals surface area contributed by atoms with E-state index in [9.17, 15) is 13.2 Å². The van der Waals surface area contributed by atoms with Crippen molar-refractivity contribution in [1.29, 1.82) is 0 Å². The molecule has 0 saturated carbocycles. The van der Waals surface area contributed by atoms with Crippen molar-refractivity contribution in [3.63, 3.8) is 0 Å². The summed E-state index contributed by atoms with van der Waals surface area (Å²) in [6.07, 6.45) is -3.03. The first-order chi connectivity index (χ1) is 14.0. The van der Waals surface area contributed by atoms with Gasteiger partial charge in [-0.3, -0.25) is 4.98 Å². The summed E-state index contributed by atoms with van der Waals surface area (Å²) in [4.78, 5) is 4.48. The van der Waals surface area contributed by atoms with Crippen molar-refractivity contribution in [1.82, 2.24) is 10.3 Å². The second-order valence-electron chi connectivity index (χ2n) is 7.88. The summed E-state index contributed by atoms with van der Waals surface area (Å²) < 4.78 is 41.3. The zero-order valence-corrected chi connectivity index (χ0v) is 17.7. The summed E-state index contributed by atoms with van der Waals surface area (Å²) in [5.74, 6) is -0.268. The van der Waals surface area contributed by atoms with Gasteiger partial charge in [0, 0.05) is 40.8 Å². The summed E-state index contributed by atoms with van der Waals surface area (Å²) in [6, 6.07) is 11.2. The van der Waals surface area contributed by atoms with Gasteiger partial charge in [-0.1, -0.05) is 23.7 Å². The van der Waals surface area contributed by atoms with Crippen LogP contribution in [0, 0.1) is 0 Å². The number of hydrogen-bond acceptors (Lipinski definition) is 4. The van der Waals surface area contributed by atoms with Gasteiger partial charge in [0.2, 0.25) is 0 Å². The number of hydrogen-bond donors (Lipinski definition) is 2. The van der Waals surface area contributed by atoms with E-state index in [1.807, 2.05) is 6.07 Å². The molecular formula is C22H23ClF3N3O. The van der Waals surface area contributed by atoms with Gasteiger partial charge in [0.1, 0.15) is 5.75 Å². The molecule has 0 atom stereocenters. The monoisotopic (exact) mass is 437 g/mol. The number of nitrogens with one attached hydrogen (secondary N) is 2. The van der Waals surface area contributed by atoms with Crippen LogP contribution in [0.4, 0.5) is 18.9 Å². The molecule has 0 spiro atoms. The van der Waals surface area contributed by atoms with E-state index in [1.165, 1.54) is 12.1 Å². The lowest BCUT2D eigenvalue weighted by molar-refractivity contribution is -0.274. The first-order valence-corrected chi connectivity index (χ1v) is 9.83. The van der Waals surface area contributed by atoms with E-state index in [0.717, 1.165) is 34.3 Å². The van der Waals surface area contributed by atoms with Crippen LogP contribution < -0.4 is 15.4 Å². The lowest BCUT2D eigenvalue weighted by Gasteiger charge is -2.21. The Bertz CT molecular complexity index is 1020. The van der Waals surface area contributed by atoms with E-state index in [0.29, 0.717) is 11.6 Å². The molecule has 0 amide bonds. The van der Waals surface area contributed by atoms with E-state index >= 15 is 0 Å². The third-order valence-corrected chi connectivity index (χ3v) is 4.55. The maximum atomic E-state index is 12.4. The van der Waals surface area contributed by atoms with E-state index in [2.05, 4.69) is 41.1 Å². The van der Waals surface area contributed by atoms with Gasteiger partial charge in [-0.05, 0) is 56.7 Å². The van der Waals surface area contributed by atoms with Crippen LogP contribution in [0.3, 0.4) is 0 Å². The lowest BCUT2D eigenvalue weighted by atomic mass is 10.0. The Morgan fingerprint density at radius 2 is 1.70 bits per heavy atom. The zero-order chi connectivity index (χ0) is 21.9. The van der Waals surface area contributed by atoms with Gasteiger partial charge in [-0.2, -0.15) is 0 Å². The van der Waals surface area contributed by atoms with Crippen molar-refractivity contribution in [2.24, 2.45) is 0 Å². The molecule has 0 aliphatic rings. The number of benzene rings is 2. The quantitative estimate of drug-likeness (QED) is 0.447. The van der Waals surface area contributed by atoms with E-state index in [4.69, 9.17) is 11.6 Å². The number of ether oxygens (including phenoxy) is 1. The average Bonchev–Trinajstić information content (AvgIpc) is 2.63. The van der Waals surface area contributed by atoms with E-state index < -0.39 is 6.36 Å². The Labute approximate surface area is 178 Å². The molecule has 1 aromatic heterocycles. The van der Waals surface area contributed by atoms with Crippen LogP contribution in [0.1, 0.15) is 20.8 Å². The van der Waals surface area contributed by atoms with Crippen LogP contribution in [-0.4, -0.2) is 30.0 Å². The second-order valence-corrected chi connectivity index (χ2v) is 8.32. The Morgan fingerprint density at radius 3 is 2.33 bits per heavy atom. The van der Waals surface area contributed by atoms with Gasteiger partial charge in [0.25, 0.3) is 0 Å². The number of alkyl halides is 3. The van der Waals surface area contributed by atoms with Crippen LogP contribution in [0.5, 0.6) is 5.75 Å². The number of fused-ring (bicyclic) bond motifs is 1. The first-order valence-electron chi connectivity index (χ1n) is 9.45. The van der Waals surface area contributed by atoms with Gasteiger partial charge in [0.05, 0.1) is 11.2 Å². The molecule has 3 rings (SSSR count). The molecule has 4 nitrogen and oxygen atoms in total. The summed E-state index contributed by atoms with van der Waals surface area (Å²) >= 11 is 6.10. The van der Waals surface area contributed by atoms with E-state index in [1.54, 1.807) is 30.5 Å². The highest BCUT2D eigenvalue weighted by molar-refractivity contribution is 6.31. The van der Waals surface area contributed by atoms with Crippen LogP contribution in [0.25, 0.3) is 22.0 Å². The Hall–Kier alpha value is -2.51. The van der Waals surface area contributed by atoms with Crippen molar-refractivity contribution < 1.29 is 17.9 Å². The molecule has 2 N–H and O–H groups in total. The van der Waals surface area contributed by atoms with Gasteiger partial charge < -0.3 is 15.4 Å². The standard InChI is InChI=1S/C22H23ClF3N3O/c1-21(2,3)29-11-10-27-20-17-9-6-15(23)12-19(17)28-13-18(20)14-4-7-16(8-5-14)30-22(24,25)26/h4-9,12-13,29H,10-11H2,1-3H3,(H,27,28). The van der Waals surface area contributed by atoms with Crippen LogP contribution in [-0.2, 0) is 0 Å². The molecule has 3 aromatic rings. The normalized spacial score (nSPS) is 12.2. The molecule has 0 aliphatic carbocycles. The molecule has 1 heterocycles. The Morgan fingerprint density at radius 1 is 1.00 bits per heavy atom. The molecule has 0 saturated heterocycles. The van der Waals surface area contributed by atoms with Gasteiger partial charge in [-0.15, -0.1) is 13.2 Å². The van der Waals surface area contributed by atoms with Crippen molar-refractivity contribution >= 4 is 28.2 Å². The molecule has 0 radical (unpaired) electrons. The summed E-state index contributed by atoms with van der Waals surface area (Å²) in [7, 11) is 0. The number of halogens is 4. The highest BCUT2D eigenvalue weighted by Gasteiger charge is 2.31. The fourth-order valence-electron chi connectivity index (χ4n) is 3.04. The number of anilines is 1. The smallest absolute Gasteiger partial charge is 0.406 e.